The molecule has 0 fully saturated rings. The van der Waals surface area contributed by atoms with Crippen molar-refractivity contribution in [2.45, 2.75) is 33.2 Å². The van der Waals surface area contributed by atoms with Crippen LogP contribution in [-0.2, 0) is 24.2 Å². The van der Waals surface area contributed by atoms with Gasteiger partial charge in [-0.25, -0.2) is 4.98 Å². The first-order valence-corrected chi connectivity index (χ1v) is 8.48. The Hall–Kier alpha value is -2.95. The first-order valence-electron chi connectivity index (χ1n) is 8.48. The Labute approximate surface area is 146 Å². The number of para-hydroxylation sites is 2. The zero-order chi connectivity index (χ0) is 17.8. The number of carbonyl (C=O) groups is 1. The molecule has 3 rings (SSSR count). The third-order valence-electron chi connectivity index (χ3n) is 4.31. The second-order valence-electron chi connectivity index (χ2n) is 5.90. The molecule has 1 N–H and O–H groups in total. The minimum absolute atomic E-state index is 0.0577. The molecule has 1 amide bonds. The van der Waals surface area contributed by atoms with E-state index in [0.29, 0.717) is 10.9 Å². The first kappa shape index (κ1) is 16.9. The third kappa shape index (κ3) is 3.45. The lowest BCUT2D eigenvalue weighted by Crippen LogP contribution is -2.28. The van der Waals surface area contributed by atoms with Crippen molar-refractivity contribution in [1.82, 2.24) is 9.55 Å². The van der Waals surface area contributed by atoms with Crippen LogP contribution in [-0.4, -0.2) is 15.5 Å². The molecule has 3 aromatic rings. The summed E-state index contributed by atoms with van der Waals surface area (Å²) in [6, 6.07) is 13.2. The quantitative estimate of drug-likeness (QED) is 0.779. The number of anilines is 1. The lowest BCUT2D eigenvalue weighted by Gasteiger charge is -2.15. The first-order chi connectivity index (χ1) is 12.1. The minimum atomic E-state index is -0.227. The largest absolute Gasteiger partial charge is 0.324 e. The van der Waals surface area contributed by atoms with Crippen LogP contribution in [0.15, 0.2) is 53.6 Å². The molecule has 5 heteroatoms. The van der Waals surface area contributed by atoms with Gasteiger partial charge in [0.1, 0.15) is 6.54 Å². The number of aryl methyl sites for hydroxylation is 2. The number of amides is 1. The van der Waals surface area contributed by atoms with Crippen LogP contribution in [0.5, 0.6) is 0 Å². The molecule has 0 radical (unpaired) electrons. The van der Waals surface area contributed by atoms with Crippen molar-refractivity contribution in [1.29, 1.82) is 0 Å². The molecular formula is C20H21N3O2. The summed E-state index contributed by atoms with van der Waals surface area (Å²) in [5.41, 5.74) is 3.47. The number of nitrogens with zero attached hydrogens (tertiary/aromatic N) is 2. The molecule has 5 nitrogen and oxygen atoms in total. The second-order valence-corrected chi connectivity index (χ2v) is 5.90. The molecule has 1 aromatic heterocycles. The lowest BCUT2D eigenvalue weighted by atomic mass is 10.0. The molecule has 2 aromatic carbocycles. The van der Waals surface area contributed by atoms with Crippen molar-refractivity contribution >= 4 is 22.5 Å². The van der Waals surface area contributed by atoms with Crippen molar-refractivity contribution < 1.29 is 4.79 Å². The molecule has 0 saturated heterocycles. The number of fused-ring (bicyclic) bond motifs is 1. The van der Waals surface area contributed by atoms with Crippen LogP contribution >= 0.6 is 0 Å². The Bertz CT molecular complexity index is 954. The van der Waals surface area contributed by atoms with Crippen LogP contribution in [0.4, 0.5) is 5.69 Å². The molecule has 0 bridgehead atoms. The molecule has 0 spiro atoms. The third-order valence-corrected chi connectivity index (χ3v) is 4.31. The van der Waals surface area contributed by atoms with E-state index in [2.05, 4.69) is 24.1 Å². The number of benzene rings is 2. The number of hydrogen-bond donors (Lipinski definition) is 1. The van der Waals surface area contributed by atoms with Gasteiger partial charge in [0.25, 0.3) is 5.56 Å². The molecule has 0 saturated carbocycles. The van der Waals surface area contributed by atoms with Crippen LogP contribution in [0, 0.1) is 0 Å². The molecule has 128 valence electrons. The fourth-order valence-electron chi connectivity index (χ4n) is 2.96. The molecule has 0 unspecified atom stereocenters. The maximum atomic E-state index is 12.5. The predicted octanol–water partition coefficient (Wildman–Crippen LogP) is 3.16. The summed E-state index contributed by atoms with van der Waals surface area (Å²) in [6.07, 6.45) is 3.10. The Morgan fingerprint density at radius 2 is 1.72 bits per heavy atom. The SMILES string of the molecule is CCc1cccc(CC)c1NC(=O)Cn1cnc2ccccc2c1=O. The average Bonchev–Trinajstić information content (AvgIpc) is 2.64. The highest BCUT2D eigenvalue weighted by Crippen LogP contribution is 2.22. The van der Waals surface area contributed by atoms with E-state index >= 15 is 0 Å². The van der Waals surface area contributed by atoms with Gasteiger partial charge in [-0.15, -0.1) is 0 Å². The molecule has 25 heavy (non-hydrogen) atoms. The average molecular weight is 335 g/mol. The Kier molecular flexibility index (Phi) is 4.93. The van der Waals surface area contributed by atoms with Crippen LogP contribution in [0.1, 0.15) is 25.0 Å². The maximum absolute atomic E-state index is 12.5. The van der Waals surface area contributed by atoms with E-state index in [1.165, 1.54) is 10.9 Å². The van der Waals surface area contributed by atoms with E-state index in [9.17, 15) is 9.59 Å². The standard InChI is InChI=1S/C20H21N3O2/c1-3-14-8-7-9-15(4-2)19(14)22-18(24)12-23-13-21-17-11-6-5-10-16(17)20(23)25/h5-11,13H,3-4,12H2,1-2H3,(H,22,24). The highest BCUT2D eigenvalue weighted by molar-refractivity contribution is 5.92. The number of rotatable bonds is 5. The van der Waals surface area contributed by atoms with Gasteiger partial charge >= 0.3 is 0 Å². The van der Waals surface area contributed by atoms with Crippen molar-refractivity contribution in [3.63, 3.8) is 0 Å². The molecular weight excluding hydrogens is 314 g/mol. The van der Waals surface area contributed by atoms with Crippen molar-refractivity contribution in [2.24, 2.45) is 0 Å². The highest BCUT2D eigenvalue weighted by atomic mass is 16.2. The number of aromatic nitrogens is 2. The number of nitrogens with one attached hydrogen (secondary N) is 1. The van der Waals surface area contributed by atoms with E-state index in [1.54, 1.807) is 18.2 Å². The van der Waals surface area contributed by atoms with Gasteiger partial charge < -0.3 is 5.32 Å². The van der Waals surface area contributed by atoms with E-state index in [4.69, 9.17) is 0 Å². The summed E-state index contributed by atoms with van der Waals surface area (Å²) in [6.45, 7) is 4.06. The van der Waals surface area contributed by atoms with Crippen LogP contribution in [0.25, 0.3) is 10.9 Å². The predicted molar refractivity (Wildman–Crippen MR) is 99.8 cm³/mol. The summed E-state index contributed by atoms with van der Waals surface area (Å²) < 4.78 is 1.35. The van der Waals surface area contributed by atoms with Crippen LogP contribution < -0.4 is 10.9 Å². The fraction of sp³-hybridized carbons (Fsp3) is 0.250. The summed E-state index contributed by atoms with van der Waals surface area (Å²) in [7, 11) is 0. The molecule has 1 heterocycles. The van der Waals surface area contributed by atoms with Gasteiger partial charge in [0.2, 0.25) is 5.91 Å². The van der Waals surface area contributed by atoms with Gasteiger partial charge in [0.05, 0.1) is 17.2 Å². The Morgan fingerprint density at radius 1 is 1.04 bits per heavy atom. The van der Waals surface area contributed by atoms with E-state index in [0.717, 1.165) is 29.7 Å². The second kappa shape index (κ2) is 7.30. The molecule has 0 atom stereocenters. The molecule has 0 aliphatic heterocycles. The molecule has 0 aliphatic rings. The van der Waals surface area contributed by atoms with E-state index < -0.39 is 0 Å². The van der Waals surface area contributed by atoms with Gasteiger partial charge in [-0.05, 0) is 36.1 Å². The Balaban J connectivity index is 1.87. The van der Waals surface area contributed by atoms with E-state index in [-0.39, 0.29) is 18.0 Å². The summed E-state index contributed by atoms with van der Waals surface area (Å²) in [5.74, 6) is -0.227. The van der Waals surface area contributed by atoms with Gasteiger partial charge in [-0.1, -0.05) is 44.2 Å². The van der Waals surface area contributed by atoms with Crippen molar-refractivity contribution in [3.05, 3.63) is 70.3 Å². The summed E-state index contributed by atoms with van der Waals surface area (Å²) in [5, 5.41) is 3.49. The van der Waals surface area contributed by atoms with E-state index in [1.807, 2.05) is 24.3 Å². The highest BCUT2D eigenvalue weighted by Gasteiger charge is 2.12. The van der Waals surface area contributed by atoms with Crippen molar-refractivity contribution in [2.75, 3.05) is 5.32 Å². The van der Waals surface area contributed by atoms with Crippen LogP contribution in [0.3, 0.4) is 0 Å². The normalized spacial score (nSPS) is 10.8. The van der Waals surface area contributed by atoms with Crippen molar-refractivity contribution in [3.8, 4) is 0 Å². The van der Waals surface area contributed by atoms with Gasteiger partial charge in [0, 0.05) is 5.69 Å². The summed E-state index contributed by atoms with van der Waals surface area (Å²) in [4.78, 5) is 29.3. The van der Waals surface area contributed by atoms with Crippen LogP contribution in [0.2, 0.25) is 0 Å². The maximum Gasteiger partial charge on any atom is 0.261 e. The minimum Gasteiger partial charge on any atom is -0.324 e. The zero-order valence-corrected chi connectivity index (χ0v) is 14.5. The number of hydrogen-bond acceptors (Lipinski definition) is 3. The Morgan fingerprint density at radius 3 is 2.40 bits per heavy atom. The fourth-order valence-corrected chi connectivity index (χ4v) is 2.96. The monoisotopic (exact) mass is 335 g/mol. The summed E-state index contributed by atoms with van der Waals surface area (Å²) >= 11 is 0. The zero-order valence-electron chi connectivity index (χ0n) is 14.5. The smallest absolute Gasteiger partial charge is 0.261 e. The lowest BCUT2D eigenvalue weighted by molar-refractivity contribution is -0.116. The van der Waals surface area contributed by atoms with Gasteiger partial charge in [0.15, 0.2) is 0 Å². The topological polar surface area (TPSA) is 64.0 Å². The van der Waals surface area contributed by atoms with Gasteiger partial charge in [-0.2, -0.15) is 0 Å². The molecule has 0 aliphatic carbocycles. The van der Waals surface area contributed by atoms with Gasteiger partial charge in [-0.3, -0.25) is 14.2 Å². The number of carbonyl (C=O) groups excluding carboxylic acids is 1.